The lowest BCUT2D eigenvalue weighted by molar-refractivity contribution is 0.0690. The van der Waals surface area contributed by atoms with Crippen LogP contribution in [0.2, 0.25) is 0 Å². The maximum atomic E-state index is 11.9. The molecule has 0 unspecified atom stereocenters. The van der Waals surface area contributed by atoms with Crippen LogP contribution in [0, 0.1) is 0 Å². The van der Waals surface area contributed by atoms with Crippen molar-refractivity contribution in [1.82, 2.24) is 14.9 Å². The van der Waals surface area contributed by atoms with Gasteiger partial charge in [0, 0.05) is 28.2 Å². The fourth-order valence-corrected chi connectivity index (χ4v) is 4.38. The molecule has 32 heavy (non-hydrogen) atoms. The zero-order valence-corrected chi connectivity index (χ0v) is 17.0. The molecule has 3 heterocycles. The Morgan fingerprint density at radius 1 is 1.09 bits per heavy atom. The third-order valence-corrected chi connectivity index (χ3v) is 5.91. The highest BCUT2D eigenvalue weighted by atomic mass is 16.6. The lowest BCUT2D eigenvalue weighted by Crippen LogP contribution is -2.28. The number of ether oxygens (including phenoxy) is 1. The molecule has 1 saturated heterocycles. The van der Waals surface area contributed by atoms with Crippen LogP contribution in [0.1, 0.15) is 21.6 Å². The number of carboxylic acid groups (broad SMARTS) is 1. The lowest BCUT2D eigenvalue weighted by atomic mass is 10.0. The molecular weight excluding hydrogens is 414 g/mol. The Kier molecular flexibility index (Phi) is 4.66. The number of nitrogens with one attached hydrogen (secondary N) is 2. The molecule has 1 fully saturated rings. The summed E-state index contributed by atoms with van der Waals surface area (Å²) in [4.78, 5) is 26.1. The number of H-pyrrole nitrogens is 1. The Hall–Kier alpha value is -4.14. The van der Waals surface area contributed by atoms with Crippen molar-refractivity contribution in [3.8, 4) is 11.8 Å². The average Bonchev–Trinajstić information content (AvgIpc) is 3.42. The van der Waals surface area contributed by atoms with Gasteiger partial charge in [0.1, 0.15) is 12.3 Å². The minimum atomic E-state index is -1.08. The van der Waals surface area contributed by atoms with E-state index in [1.807, 2.05) is 18.2 Å². The van der Waals surface area contributed by atoms with Crippen LogP contribution in [0.4, 0.5) is 4.79 Å². The van der Waals surface area contributed by atoms with Gasteiger partial charge < -0.3 is 30.4 Å². The molecule has 0 spiro atoms. The van der Waals surface area contributed by atoms with E-state index in [1.54, 1.807) is 24.3 Å². The number of hydrogen-bond acceptors (Lipinski definition) is 5. The van der Waals surface area contributed by atoms with Crippen molar-refractivity contribution in [2.45, 2.75) is 25.4 Å². The Morgan fingerprint density at radius 2 is 1.81 bits per heavy atom. The number of aromatic nitrogens is 2. The molecule has 0 saturated carbocycles. The van der Waals surface area contributed by atoms with E-state index in [2.05, 4.69) is 10.3 Å². The normalized spacial score (nSPS) is 15.9. The Bertz CT molecular complexity index is 1330. The predicted octanol–water partition coefficient (Wildman–Crippen LogP) is 3.13. The van der Waals surface area contributed by atoms with Crippen LogP contribution in [0.5, 0.6) is 11.8 Å². The molecule has 9 heteroatoms. The summed E-state index contributed by atoms with van der Waals surface area (Å²) in [6, 6.07) is 12.4. The van der Waals surface area contributed by atoms with Gasteiger partial charge in [0.05, 0.1) is 6.04 Å². The zero-order chi connectivity index (χ0) is 22.4. The maximum absolute atomic E-state index is 11.9. The van der Waals surface area contributed by atoms with Crippen molar-refractivity contribution < 1.29 is 29.6 Å². The minimum absolute atomic E-state index is 0.0625. The van der Waals surface area contributed by atoms with E-state index in [-0.39, 0.29) is 43.1 Å². The summed E-state index contributed by atoms with van der Waals surface area (Å²) in [7, 11) is 0. The van der Waals surface area contributed by atoms with Gasteiger partial charge in [0.15, 0.2) is 0 Å². The first-order valence-corrected chi connectivity index (χ1v) is 10.2. The summed E-state index contributed by atoms with van der Waals surface area (Å²) in [5, 5.41) is 35.4. The van der Waals surface area contributed by atoms with Gasteiger partial charge in [-0.3, -0.25) is 4.57 Å². The number of aromatic amines is 1. The number of hydrogen-bond donors (Lipinski definition) is 5. The van der Waals surface area contributed by atoms with Crippen LogP contribution in [0.3, 0.4) is 0 Å². The molecule has 0 bridgehead atoms. The summed E-state index contributed by atoms with van der Waals surface area (Å²) < 4.78 is 6.31. The molecule has 0 aliphatic carbocycles. The van der Waals surface area contributed by atoms with Gasteiger partial charge in [0.25, 0.3) is 0 Å². The van der Waals surface area contributed by atoms with Crippen molar-refractivity contribution in [1.29, 1.82) is 0 Å². The summed E-state index contributed by atoms with van der Waals surface area (Å²) in [6.45, 7) is 0.479. The van der Waals surface area contributed by atoms with Crippen molar-refractivity contribution in [2.24, 2.45) is 0 Å². The molecule has 2 aromatic carbocycles. The number of rotatable bonds is 6. The lowest BCUT2D eigenvalue weighted by Gasteiger charge is -2.09. The number of aromatic carboxylic acids is 1. The molecule has 1 atom stereocenters. The zero-order valence-electron chi connectivity index (χ0n) is 17.0. The van der Waals surface area contributed by atoms with Gasteiger partial charge in [-0.25, -0.2) is 9.59 Å². The van der Waals surface area contributed by atoms with E-state index in [0.717, 1.165) is 10.9 Å². The molecule has 1 amide bonds. The summed E-state index contributed by atoms with van der Waals surface area (Å²) in [5.74, 6) is -1.21. The second kappa shape index (κ2) is 7.52. The summed E-state index contributed by atoms with van der Waals surface area (Å²) in [5.41, 5.74) is 2.27. The fraction of sp³-hybridized carbons (Fsp3) is 0.217. The van der Waals surface area contributed by atoms with Crippen LogP contribution in [0.15, 0.2) is 42.5 Å². The summed E-state index contributed by atoms with van der Waals surface area (Å²) in [6.07, 6.45) is 0.390. The van der Waals surface area contributed by atoms with Crippen molar-refractivity contribution >= 4 is 33.7 Å². The third kappa shape index (κ3) is 3.27. The number of carbonyl (C=O) groups excluding carboxylic acids is 1. The highest BCUT2D eigenvalue weighted by Gasteiger charge is 2.24. The first-order valence-electron chi connectivity index (χ1n) is 10.2. The van der Waals surface area contributed by atoms with E-state index in [4.69, 9.17) is 4.74 Å². The van der Waals surface area contributed by atoms with Crippen LogP contribution in [-0.4, -0.2) is 49.6 Å². The van der Waals surface area contributed by atoms with Gasteiger partial charge >= 0.3 is 12.1 Å². The number of fused-ring (bicyclic) bond motifs is 2. The summed E-state index contributed by atoms with van der Waals surface area (Å²) >= 11 is 0. The Labute approximate surface area is 181 Å². The van der Waals surface area contributed by atoms with Crippen LogP contribution >= 0.6 is 0 Å². The Morgan fingerprint density at radius 3 is 2.44 bits per heavy atom. The van der Waals surface area contributed by atoms with Crippen molar-refractivity contribution in [3.63, 3.8) is 0 Å². The first kappa shape index (κ1) is 19.8. The van der Waals surface area contributed by atoms with Gasteiger partial charge in [-0.2, -0.15) is 0 Å². The van der Waals surface area contributed by atoms with Crippen LogP contribution < -0.4 is 5.32 Å². The quantitative estimate of drug-likeness (QED) is 0.316. The first-order chi connectivity index (χ1) is 15.4. The van der Waals surface area contributed by atoms with E-state index < -0.39 is 12.1 Å². The van der Waals surface area contributed by atoms with Gasteiger partial charge in [-0.05, 0) is 48.2 Å². The molecule has 4 aromatic rings. The number of carboxylic acids is 1. The topological polar surface area (TPSA) is 137 Å². The number of carbonyl (C=O) groups is 2. The smallest absolute Gasteiger partial charge is 0.407 e. The second-order valence-corrected chi connectivity index (χ2v) is 7.90. The maximum Gasteiger partial charge on any atom is 0.407 e. The third-order valence-electron chi connectivity index (χ3n) is 5.91. The molecule has 0 radical (unpaired) electrons. The molecule has 1 aliphatic heterocycles. The highest BCUT2D eigenvalue weighted by molar-refractivity contribution is 5.98. The average molecular weight is 435 g/mol. The molecule has 2 aromatic heterocycles. The standard InChI is InChI=1S/C23H21N3O6/c27-20-15-3-1-2-4-16(15)21(28)26(20)8-7-14-17-10-12(9-13-11-32-23(31)24-13)5-6-18(17)25-19(14)22(29)30/h1-6,10,13,25,27-28H,7-9,11H2,(H,24,31)(H,29,30)/t13-/m0/s1. The van der Waals surface area contributed by atoms with Crippen LogP contribution in [-0.2, 0) is 24.1 Å². The minimum Gasteiger partial charge on any atom is -0.494 e. The molecule has 9 nitrogen and oxygen atoms in total. The largest absolute Gasteiger partial charge is 0.494 e. The van der Waals surface area contributed by atoms with Gasteiger partial charge in [-0.15, -0.1) is 0 Å². The fourth-order valence-electron chi connectivity index (χ4n) is 4.38. The van der Waals surface area contributed by atoms with E-state index in [1.165, 1.54) is 4.57 Å². The SMILES string of the molecule is O=C1N[C@@H](Cc2ccc3[nH]c(C(=O)O)c(CCn4c(O)c5ccccc5c4O)c3c2)CO1. The van der Waals surface area contributed by atoms with E-state index >= 15 is 0 Å². The molecule has 5 rings (SSSR count). The van der Waals surface area contributed by atoms with E-state index in [9.17, 15) is 24.9 Å². The van der Waals surface area contributed by atoms with Gasteiger partial charge in [-0.1, -0.05) is 18.2 Å². The number of amides is 1. The molecular formula is C23H21N3O6. The monoisotopic (exact) mass is 435 g/mol. The second-order valence-electron chi connectivity index (χ2n) is 7.90. The Balaban J connectivity index is 1.49. The molecule has 1 aliphatic rings. The van der Waals surface area contributed by atoms with Crippen molar-refractivity contribution in [2.75, 3.05) is 6.61 Å². The van der Waals surface area contributed by atoms with E-state index in [0.29, 0.717) is 28.3 Å². The number of nitrogens with zero attached hydrogens (tertiary/aromatic N) is 1. The molecule has 5 N–H and O–H groups in total. The molecule has 164 valence electrons. The predicted molar refractivity (Wildman–Crippen MR) is 116 cm³/mol. The number of cyclic esters (lactones) is 1. The number of aromatic hydroxyl groups is 2. The number of benzene rings is 2. The van der Waals surface area contributed by atoms with Crippen molar-refractivity contribution in [3.05, 3.63) is 59.3 Å². The highest BCUT2D eigenvalue weighted by Crippen LogP contribution is 2.36. The number of aryl methyl sites for hydroxylation is 1. The van der Waals surface area contributed by atoms with Gasteiger partial charge in [0.2, 0.25) is 11.8 Å². The van der Waals surface area contributed by atoms with Crippen LogP contribution in [0.25, 0.3) is 21.7 Å². The number of alkyl carbamates (subject to hydrolysis) is 1.